The lowest BCUT2D eigenvalue weighted by Gasteiger charge is -2.14. The normalized spacial score (nSPS) is 17.1. The summed E-state index contributed by atoms with van der Waals surface area (Å²) in [5.41, 5.74) is 1.11. The van der Waals surface area contributed by atoms with Gasteiger partial charge in [0.05, 0.1) is 0 Å². The van der Waals surface area contributed by atoms with E-state index in [-0.39, 0.29) is 5.82 Å². The van der Waals surface area contributed by atoms with Crippen LogP contribution in [0.15, 0.2) is 22.7 Å². The van der Waals surface area contributed by atoms with E-state index in [1.807, 2.05) is 12.1 Å². The van der Waals surface area contributed by atoms with E-state index >= 15 is 0 Å². The minimum atomic E-state index is -0.158. The van der Waals surface area contributed by atoms with Gasteiger partial charge in [0.1, 0.15) is 5.82 Å². The number of alkyl halides is 1. The molecular weight excluding hydrogens is 305 g/mol. The predicted octanol–water partition coefficient (Wildman–Crippen LogP) is 4.09. The van der Waals surface area contributed by atoms with Crippen LogP contribution in [-0.4, -0.2) is 12.4 Å². The largest absolute Gasteiger partial charge is 0.312 e. The zero-order valence-corrected chi connectivity index (χ0v) is 12.0. The van der Waals surface area contributed by atoms with Gasteiger partial charge in [0.2, 0.25) is 0 Å². The molecule has 1 aliphatic carbocycles. The van der Waals surface area contributed by atoms with Crippen molar-refractivity contribution in [2.24, 2.45) is 5.41 Å². The monoisotopic (exact) mass is 319 g/mol. The quantitative estimate of drug-likeness (QED) is 0.779. The Morgan fingerprint density at radius 2 is 2.18 bits per heavy atom. The van der Waals surface area contributed by atoms with Gasteiger partial charge in [-0.05, 0) is 36.8 Å². The van der Waals surface area contributed by atoms with Gasteiger partial charge in [0.25, 0.3) is 0 Å². The van der Waals surface area contributed by atoms with Crippen molar-refractivity contribution in [1.29, 1.82) is 0 Å². The van der Waals surface area contributed by atoms with E-state index in [9.17, 15) is 4.39 Å². The van der Waals surface area contributed by atoms with Crippen LogP contribution in [0, 0.1) is 11.2 Å². The summed E-state index contributed by atoms with van der Waals surface area (Å²) in [5, 5.41) is 3.34. The van der Waals surface area contributed by atoms with Crippen LogP contribution in [0.1, 0.15) is 24.8 Å². The van der Waals surface area contributed by atoms with Crippen molar-refractivity contribution in [3.05, 3.63) is 34.1 Å². The summed E-state index contributed by atoms with van der Waals surface area (Å²) < 4.78 is 14.3. The lowest BCUT2D eigenvalue weighted by Crippen LogP contribution is -2.24. The van der Waals surface area contributed by atoms with Crippen molar-refractivity contribution < 1.29 is 4.39 Å². The van der Waals surface area contributed by atoms with Gasteiger partial charge in [-0.2, -0.15) is 0 Å². The van der Waals surface area contributed by atoms with Crippen LogP contribution in [-0.2, 0) is 6.54 Å². The first kappa shape index (κ1) is 13.3. The molecule has 1 N–H and O–H groups in total. The Labute approximate surface area is 115 Å². The molecule has 0 spiro atoms. The van der Waals surface area contributed by atoms with E-state index in [0.29, 0.717) is 17.8 Å². The topological polar surface area (TPSA) is 12.0 Å². The molecule has 0 radical (unpaired) electrons. The smallest absolute Gasteiger partial charge is 0.128 e. The zero-order chi connectivity index (χ0) is 12.3. The highest BCUT2D eigenvalue weighted by Crippen LogP contribution is 2.48. The van der Waals surface area contributed by atoms with Crippen LogP contribution < -0.4 is 5.32 Å². The number of hydrogen-bond acceptors (Lipinski definition) is 1. The van der Waals surface area contributed by atoms with Gasteiger partial charge in [-0.1, -0.05) is 22.0 Å². The molecule has 0 saturated heterocycles. The molecule has 1 saturated carbocycles. The van der Waals surface area contributed by atoms with E-state index in [2.05, 4.69) is 21.2 Å². The molecule has 94 valence electrons. The summed E-state index contributed by atoms with van der Waals surface area (Å²) in [6.45, 7) is 1.53. The first-order valence-corrected chi connectivity index (χ1v) is 7.19. The van der Waals surface area contributed by atoms with Gasteiger partial charge in [-0.3, -0.25) is 0 Å². The fourth-order valence-corrected chi connectivity index (χ4v) is 2.75. The standard InChI is InChI=1S/C13H16BrClFN/c14-11-2-1-10(12(16)7-11)8-17-9-13(3-4-13)5-6-15/h1-2,7,17H,3-6,8-9H2. The average molecular weight is 321 g/mol. The van der Waals surface area contributed by atoms with Gasteiger partial charge < -0.3 is 5.32 Å². The molecule has 2 rings (SSSR count). The first-order valence-electron chi connectivity index (χ1n) is 5.86. The Bertz CT molecular complexity index is 393. The summed E-state index contributed by atoms with van der Waals surface area (Å²) in [7, 11) is 0. The maximum Gasteiger partial charge on any atom is 0.128 e. The fraction of sp³-hybridized carbons (Fsp3) is 0.538. The zero-order valence-electron chi connectivity index (χ0n) is 9.61. The molecule has 0 bridgehead atoms. The Morgan fingerprint density at radius 3 is 2.76 bits per heavy atom. The summed E-state index contributed by atoms with van der Waals surface area (Å²) in [6.07, 6.45) is 3.55. The second-order valence-electron chi connectivity index (χ2n) is 4.78. The van der Waals surface area contributed by atoms with Crippen LogP contribution in [0.3, 0.4) is 0 Å². The molecule has 0 amide bonds. The number of hydrogen-bond donors (Lipinski definition) is 1. The fourth-order valence-electron chi connectivity index (χ4n) is 2.02. The predicted molar refractivity (Wildman–Crippen MR) is 72.8 cm³/mol. The van der Waals surface area contributed by atoms with Gasteiger partial charge >= 0.3 is 0 Å². The minimum Gasteiger partial charge on any atom is -0.312 e. The van der Waals surface area contributed by atoms with Crippen molar-refractivity contribution in [2.45, 2.75) is 25.8 Å². The maximum absolute atomic E-state index is 13.5. The Morgan fingerprint density at radius 1 is 1.41 bits per heavy atom. The van der Waals surface area contributed by atoms with Crippen molar-refractivity contribution in [1.82, 2.24) is 5.32 Å². The molecule has 1 aliphatic rings. The first-order chi connectivity index (χ1) is 8.15. The Balaban J connectivity index is 1.82. The lowest BCUT2D eigenvalue weighted by molar-refractivity contribution is 0.442. The Hall–Kier alpha value is -0.120. The molecular formula is C13H16BrClFN. The van der Waals surface area contributed by atoms with E-state index in [1.54, 1.807) is 0 Å². The van der Waals surface area contributed by atoms with Crippen LogP contribution in [0.5, 0.6) is 0 Å². The molecule has 1 aromatic rings. The third kappa shape index (κ3) is 3.67. The molecule has 0 aromatic heterocycles. The summed E-state index contributed by atoms with van der Waals surface area (Å²) in [4.78, 5) is 0. The molecule has 4 heteroatoms. The average Bonchev–Trinajstić information content (AvgIpc) is 3.02. The van der Waals surface area contributed by atoms with Crippen molar-refractivity contribution in [2.75, 3.05) is 12.4 Å². The second-order valence-corrected chi connectivity index (χ2v) is 6.07. The van der Waals surface area contributed by atoms with E-state index in [1.165, 1.54) is 18.9 Å². The van der Waals surface area contributed by atoms with Gasteiger partial charge in [-0.15, -0.1) is 11.6 Å². The van der Waals surface area contributed by atoms with Gasteiger partial charge in [-0.25, -0.2) is 4.39 Å². The van der Waals surface area contributed by atoms with Gasteiger partial charge in [0.15, 0.2) is 0 Å². The van der Waals surface area contributed by atoms with Crippen LogP contribution >= 0.6 is 27.5 Å². The summed E-state index contributed by atoms with van der Waals surface area (Å²) in [6, 6.07) is 5.18. The van der Waals surface area contributed by atoms with E-state index < -0.39 is 0 Å². The Kier molecular flexibility index (Phi) is 4.45. The summed E-state index contributed by atoms with van der Waals surface area (Å²) in [5.74, 6) is 0.558. The molecule has 1 fully saturated rings. The third-order valence-corrected chi connectivity index (χ3v) is 4.09. The highest BCUT2D eigenvalue weighted by Gasteiger charge is 2.41. The van der Waals surface area contributed by atoms with Gasteiger partial charge in [0, 0.05) is 29.0 Å². The minimum absolute atomic E-state index is 0.158. The van der Waals surface area contributed by atoms with Crippen molar-refractivity contribution >= 4 is 27.5 Å². The number of halogens is 3. The van der Waals surface area contributed by atoms with Crippen molar-refractivity contribution in [3.8, 4) is 0 Å². The summed E-state index contributed by atoms with van der Waals surface area (Å²) >= 11 is 9.02. The van der Waals surface area contributed by atoms with Crippen molar-refractivity contribution in [3.63, 3.8) is 0 Å². The molecule has 0 unspecified atom stereocenters. The highest BCUT2D eigenvalue weighted by molar-refractivity contribution is 9.10. The molecule has 0 aliphatic heterocycles. The van der Waals surface area contributed by atoms with Crippen LogP contribution in [0.25, 0.3) is 0 Å². The number of benzene rings is 1. The highest BCUT2D eigenvalue weighted by atomic mass is 79.9. The second kappa shape index (κ2) is 5.68. The molecule has 1 nitrogen and oxygen atoms in total. The maximum atomic E-state index is 13.5. The van der Waals surface area contributed by atoms with E-state index in [0.717, 1.165) is 23.0 Å². The molecule has 0 atom stereocenters. The number of nitrogens with one attached hydrogen (secondary N) is 1. The SMILES string of the molecule is Fc1cc(Br)ccc1CNCC1(CCCl)CC1. The molecule has 17 heavy (non-hydrogen) atoms. The molecule has 0 heterocycles. The van der Waals surface area contributed by atoms with E-state index in [4.69, 9.17) is 11.6 Å². The molecule has 1 aromatic carbocycles. The van der Waals surface area contributed by atoms with Crippen LogP contribution in [0.4, 0.5) is 4.39 Å². The van der Waals surface area contributed by atoms with Crippen LogP contribution in [0.2, 0.25) is 0 Å². The third-order valence-electron chi connectivity index (χ3n) is 3.41. The lowest BCUT2D eigenvalue weighted by atomic mass is 10.0. The number of rotatable bonds is 6.